The van der Waals surface area contributed by atoms with E-state index in [9.17, 15) is 4.79 Å². The SMILES string of the molecule is Cc1cc2ncc3c(n2n1)CCN(C(=O)C1CCCC1)C3. The standard InChI is InChI=1S/C16H20N4O/c1-11-8-15-17-9-13-10-19(7-6-14(13)20(15)18-11)16(21)12-4-2-3-5-12/h8-9,12H,2-7,10H2,1H3. The van der Waals surface area contributed by atoms with Gasteiger partial charge in [0.25, 0.3) is 0 Å². The summed E-state index contributed by atoms with van der Waals surface area (Å²) in [7, 11) is 0. The van der Waals surface area contributed by atoms with Crippen molar-refractivity contribution in [2.45, 2.75) is 45.6 Å². The van der Waals surface area contributed by atoms with Gasteiger partial charge in [-0.3, -0.25) is 4.79 Å². The van der Waals surface area contributed by atoms with Gasteiger partial charge in [-0.15, -0.1) is 0 Å². The molecule has 1 saturated carbocycles. The second-order valence-corrected chi connectivity index (χ2v) is 6.28. The summed E-state index contributed by atoms with van der Waals surface area (Å²) in [5, 5.41) is 4.52. The summed E-state index contributed by atoms with van der Waals surface area (Å²) < 4.78 is 1.95. The van der Waals surface area contributed by atoms with Gasteiger partial charge in [-0.25, -0.2) is 9.50 Å². The van der Waals surface area contributed by atoms with Crippen molar-refractivity contribution in [3.8, 4) is 0 Å². The fraction of sp³-hybridized carbons (Fsp3) is 0.562. The molecular formula is C16H20N4O. The topological polar surface area (TPSA) is 50.5 Å². The summed E-state index contributed by atoms with van der Waals surface area (Å²) in [6.07, 6.45) is 7.33. The maximum Gasteiger partial charge on any atom is 0.225 e. The monoisotopic (exact) mass is 284 g/mol. The fourth-order valence-corrected chi connectivity index (χ4v) is 3.67. The first-order valence-corrected chi connectivity index (χ1v) is 7.84. The summed E-state index contributed by atoms with van der Waals surface area (Å²) >= 11 is 0. The molecule has 0 aromatic carbocycles. The molecule has 0 bridgehead atoms. The molecule has 0 N–H and O–H groups in total. The summed E-state index contributed by atoms with van der Waals surface area (Å²) in [6, 6.07) is 2.00. The van der Waals surface area contributed by atoms with E-state index >= 15 is 0 Å². The van der Waals surface area contributed by atoms with Crippen LogP contribution in [0, 0.1) is 12.8 Å². The Kier molecular flexibility index (Phi) is 2.94. The van der Waals surface area contributed by atoms with E-state index in [1.165, 1.54) is 18.5 Å². The van der Waals surface area contributed by atoms with Crippen LogP contribution in [0.25, 0.3) is 5.65 Å². The van der Waals surface area contributed by atoms with Crippen molar-refractivity contribution in [1.29, 1.82) is 0 Å². The number of fused-ring (bicyclic) bond motifs is 3. The normalized spacial score (nSPS) is 19.2. The predicted molar refractivity (Wildman–Crippen MR) is 78.8 cm³/mol. The number of hydrogen-bond acceptors (Lipinski definition) is 3. The van der Waals surface area contributed by atoms with Crippen LogP contribution >= 0.6 is 0 Å². The molecule has 2 aliphatic rings. The summed E-state index contributed by atoms with van der Waals surface area (Å²) in [5.74, 6) is 0.602. The predicted octanol–water partition coefficient (Wildman–Crippen LogP) is 2.11. The largest absolute Gasteiger partial charge is 0.338 e. The average molecular weight is 284 g/mol. The Bertz CT molecular complexity index is 700. The molecule has 5 nitrogen and oxygen atoms in total. The molecule has 1 amide bonds. The van der Waals surface area contributed by atoms with Gasteiger partial charge in [0.1, 0.15) is 0 Å². The van der Waals surface area contributed by atoms with E-state index < -0.39 is 0 Å². The smallest absolute Gasteiger partial charge is 0.225 e. The Morgan fingerprint density at radius 1 is 1.33 bits per heavy atom. The summed E-state index contributed by atoms with van der Waals surface area (Å²) in [6.45, 7) is 3.48. The van der Waals surface area contributed by atoms with E-state index in [-0.39, 0.29) is 5.92 Å². The summed E-state index contributed by atoms with van der Waals surface area (Å²) in [5.41, 5.74) is 4.24. The highest BCUT2D eigenvalue weighted by molar-refractivity contribution is 5.79. The molecule has 110 valence electrons. The number of aromatic nitrogens is 3. The minimum absolute atomic E-state index is 0.259. The van der Waals surface area contributed by atoms with Crippen molar-refractivity contribution >= 4 is 11.6 Å². The molecule has 21 heavy (non-hydrogen) atoms. The lowest BCUT2D eigenvalue weighted by molar-refractivity contribution is -0.136. The molecule has 0 radical (unpaired) electrons. The molecule has 4 rings (SSSR count). The zero-order valence-corrected chi connectivity index (χ0v) is 12.4. The van der Waals surface area contributed by atoms with E-state index in [2.05, 4.69) is 10.1 Å². The van der Waals surface area contributed by atoms with Gasteiger partial charge < -0.3 is 4.90 Å². The molecule has 0 unspecified atom stereocenters. The van der Waals surface area contributed by atoms with Crippen molar-refractivity contribution in [2.75, 3.05) is 6.54 Å². The average Bonchev–Trinajstić information content (AvgIpc) is 3.14. The van der Waals surface area contributed by atoms with E-state index in [1.807, 2.05) is 28.6 Å². The lowest BCUT2D eigenvalue weighted by atomic mass is 10.0. The van der Waals surface area contributed by atoms with E-state index in [4.69, 9.17) is 0 Å². The van der Waals surface area contributed by atoms with Crippen molar-refractivity contribution in [2.24, 2.45) is 5.92 Å². The molecule has 0 atom stereocenters. The second kappa shape index (κ2) is 4.83. The third-order valence-electron chi connectivity index (χ3n) is 4.79. The highest BCUT2D eigenvalue weighted by Crippen LogP contribution is 2.29. The lowest BCUT2D eigenvalue weighted by Crippen LogP contribution is -2.39. The Morgan fingerprint density at radius 3 is 2.95 bits per heavy atom. The molecule has 5 heteroatoms. The maximum atomic E-state index is 12.6. The molecule has 3 heterocycles. The van der Waals surface area contributed by atoms with Gasteiger partial charge >= 0.3 is 0 Å². The van der Waals surface area contributed by atoms with Crippen LogP contribution in [-0.4, -0.2) is 31.9 Å². The van der Waals surface area contributed by atoms with Gasteiger partial charge in [0.2, 0.25) is 5.91 Å². The fourth-order valence-electron chi connectivity index (χ4n) is 3.67. The van der Waals surface area contributed by atoms with Crippen LogP contribution in [0.4, 0.5) is 0 Å². The Morgan fingerprint density at radius 2 is 2.14 bits per heavy atom. The van der Waals surface area contributed by atoms with E-state index in [0.29, 0.717) is 12.5 Å². The molecule has 2 aromatic heterocycles. The first kappa shape index (κ1) is 12.8. The Balaban J connectivity index is 1.62. The summed E-state index contributed by atoms with van der Waals surface area (Å²) in [4.78, 5) is 19.0. The van der Waals surface area contributed by atoms with Crippen LogP contribution < -0.4 is 0 Å². The molecule has 0 saturated heterocycles. The van der Waals surface area contributed by atoms with Gasteiger partial charge in [-0.1, -0.05) is 12.8 Å². The zero-order chi connectivity index (χ0) is 14.4. The molecule has 2 aromatic rings. The second-order valence-electron chi connectivity index (χ2n) is 6.28. The minimum atomic E-state index is 0.259. The zero-order valence-electron chi connectivity index (χ0n) is 12.4. The number of hydrogen-bond donors (Lipinski definition) is 0. The molecular weight excluding hydrogens is 264 g/mol. The van der Waals surface area contributed by atoms with Crippen LogP contribution in [0.15, 0.2) is 12.3 Å². The van der Waals surface area contributed by atoms with Crippen molar-refractivity contribution in [3.05, 3.63) is 29.2 Å². The maximum absolute atomic E-state index is 12.6. The van der Waals surface area contributed by atoms with Crippen LogP contribution in [0.3, 0.4) is 0 Å². The first-order chi connectivity index (χ1) is 10.2. The highest BCUT2D eigenvalue weighted by Gasteiger charge is 2.30. The van der Waals surface area contributed by atoms with Crippen LogP contribution in [0.2, 0.25) is 0 Å². The molecule has 1 aliphatic heterocycles. The Hall–Kier alpha value is -1.91. The van der Waals surface area contributed by atoms with Gasteiger partial charge in [0.15, 0.2) is 5.65 Å². The molecule has 1 aliphatic carbocycles. The van der Waals surface area contributed by atoms with Crippen LogP contribution in [0.1, 0.15) is 42.6 Å². The first-order valence-electron chi connectivity index (χ1n) is 7.84. The van der Waals surface area contributed by atoms with Crippen LogP contribution in [0.5, 0.6) is 0 Å². The number of nitrogens with zero attached hydrogens (tertiary/aromatic N) is 4. The van der Waals surface area contributed by atoms with Crippen LogP contribution in [-0.2, 0) is 17.8 Å². The number of carbonyl (C=O) groups is 1. The lowest BCUT2D eigenvalue weighted by Gasteiger charge is -2.30. The quantitative estimate of drug-likeness (QED) is 0.806. The third-order valence-corrected chi connectivity index (χ3v) is 4.79. The van der Waals surface area contributed by atoms with Crippen molar-refractivity contribution in [1.82, 2.24) is 19.5 Å². The highest BCUT2D eigenvalue weighted by atomic mass is 16.2. The number of amides is 1. The number of carbonyl (C=O) groups excluding carboxylic acids is 1. The molecule has 0 spiro atoms. The number of aryl methyl sites for hydroxylation is 1. The van der Waals surface area contributed by atoms with Crippen molar-refractivity contribution in [3.63, 3.8) is 0 Å². The van der Waals surface area contributed by atoms with Crippen molar-refractivity contribution < 1.29 is 4.79 Å². The number of rotatable bonds is 1. The third kappa shape index (κ3) is 2.11. The van der Waals surface area contributed by atoms with Gasteiger partial charge in [-0.2, -0.15) is 5.10 Å². The molecule has 1 fully saturated rings. The van der Waals surface area contributed by atoms with Gasteiger partial charge in [0, 0.05) is 43.3 Å². The van der Waals surface area contributed by atoms with Gasteiger partial charge in [-0.05, 0) is 19.8 Å². The minimum Gasteiger partial charge on any atom is -0.338 e. The Labute approximate surface area is 124 Å². The van der Waals surface area contributed by atoms with E-state index in [0.717, 1.165) is 42.7 Å². The van der Waals surface area contributed by atoms with Gasteiger partial charge in [0.05, 0.1) is 11.4 Å². The van der Waals surface area contributed by atoms with E-state index in [1.54, 1.807) is 0 Å².